The fraction of sp³-hybridized carbons (Fsp3) is 0.350. The molecule has 0 spiro atoms. The molecule has 23 heavy (non-hydrogen) atoms. The summed E-state index contributed by atoms with van der Waals surface area (Å²) >= 11 is 0. The first-order chi connectivity index (χ1) is 11.1. The Kier molecular flexibility index (Phi) is 4.37. The average Bonchev–Trinajstić information content (AvgIpc) is 2.54. The molecule has 0 atom stereocenters. The minimum absolute atomic E-state index is 0.918. The molecule has 0 saturated carbocycles. The molecule has 1 aliphatic carbocycles. The van der Waals surface area contributed by atoms with Crippen LogP contribution in [-0.4, -0.2) is 19.9 Å². The van der Waals surface area contributed by atoms with E-state index in [0.717, 1.165) is 53.3 Å². The van der Waals surface area contributed by atoms with Crippen LogP contribution in [-0.2, 0) is 6.42 Å². The third-order valence-corrected chi connectivity index (χ3v) is 4.40. The number of methoxy groups -OCH3 is 2. The summed E-state index contributed by atoms with van der Waals surface area (Å²) in [5.74, 6) is 1.86. The van der Waals surface area contributed by atoms with E-state index in [9.17, 15) is 0 Å². The topological polar surface area (TPSA) is 30.8 Å². The maximum absolute atomic E-state index is 5.44. The van der Waals surface area contributed by atoms with Gasteiger partial charge >= 0.3 is 0 Å². The molecular formula is C20H23NO2. The second kappa shape index (κ2) is 6.45. The van der Waals surface area contributed by atoms with Crippen LogP contribution in [0, 0.1) is 13.8 Å². The van der Waals surface area contributed by atoms with Gasteiger partial charge in [-0.3, -0.25) is 4.99 Å². The van der Waals surface area contributed by atoms with Gasteiger partial charge < -0.3 is 9.47 Å². The molecule has 0 N–H and O–H groups in total. The average molecular weight is 309 g/mol. The number of aliphatic imine (C=N–C) groups is 1. The molecule has 0 fully saturated rings. The van der Waals surface area contributed by atoms with Crippen molar-refractivity contribution in [3.8, 4) is 11.5 Å². The molecule has 0 unspecified atom stereocenters. The number of rotatable bonds is 3. The third kappa shape index (κ3) is 3.09. The number of aryl methyl sites for hydroxylation is 3. The van der Waals surface area contributed by atoms with Gasteiger partial charge in [-0.15, -0.1) is 0 Å². The number of nitrogens with zero attached hydrogens (tertiary/aromatic N) is 1. The van der Waals surface area contributed by atoms with Crippen LogP contribution in [0.5, 0.6) is 11.5 Å². The summed E-state index contributed by atoms with van der Waals surface area (Å²) in [7, 11) is 3.42. The zero-order chi connectivity index (χ0) is 16.4. The molecule has 0 amide bonds. The Morgan fingerprint density at radius 1 is 0.913 bits per heavy atom. The molecule has 1 aliphatic rings. The van der Waals surface area contributed by atoms with Gasteiger partial charge in [-0.1, -0.05) is 0 Å². The van der Waals surface area contributed by atoms with Crippen molar-refractivity contribution in [2.45, 2.75) is 33.1 Å². The standard InChI is InChI=1S/C20H23NO2/c1-13-10-16(11-14(2)20(13)23-4)21-19-7-5-6-15-12-17(22-3)8-9-18(15)19/h8-12H,5-7H2,1-4H3/b21-19+. The van der Waals surface area contributed by atoms with Crippen molar-refractivity contribution < 1.29 is 9.47 Å². The highest BCUT2D eigenvalue weighted by Crippen LogP contribution is 2.31. The van der Waals surface area contributed by atoms with E-state index in [0.29, 0.717) is 0 Å². The van der Waals surface area contributed by atoms with E-state index in [1.165, 1.54) is 11.1 Å². The van der Waals surface area contributed by atoms with Gasteiger partial charge in [0.2, 0.25) is 0 Å². The Bertz CT molecular complexity index is 739. The van der Waals surface area contributed by atoms with Gasteiger partial charge in [-0.05, 0) is 85.7 Å². The first-order valence-corrected chi connectivity index (χ1v) is 8.02. The highest BCUT2D eigenvalue weighted by molar-refractivity contribution is 6.04. The predicted octanol–water partition coefficient (Wildman–Crippen LogP) is 4.78. The van der Waals surface area contributed by atoms with E-state index < -0.39 is 0 Å². The first-order valence-electron chi connectivity index (χ1n) is 8.02. The van der Waals surface area contributed by atoms with E-state index in [1.54, 1.807) is 14.2 Å². The lowest BCUT2D eigenvalue weighted by atomic mass is 9.89. The number of hydrogen-bond donors (Lipinski definition) is 0. The summed E-state index contributed by atoms with van der Waals surface area (Å²) in [4.78, 5) is 4.93. The van der Waals surface area contributed by atoms with Gasteiger partial charge in [0.1, 0.15) is 11.5 Å². The van der Waals surface area contributed by atoms with Crippen molar-refractivity contribution in [3.05, 3.63) is 52.6 Å². The molecule has 0 saturated heterocycles. The fourth-order valence-corrected chi connectivity index (χ4v) is 3.35. The Labute approximate surface area is 138 Å². The molecule has 3 rings (SSSR count). The summed E-state index contributed by atoms with van der Waals surface area (Å²) in [5, 5.41) is 0. The molecule has 2 aromatic carbocycles. The van der Waals surface area contributed by atoms with Gasteiger partial charge in [0, 0.05) is 5.71 Å². The first kappa shape index (κ1) is 15.6. The zero-order valence-electron chi connectivity index (χ0n) is 14.3. The normalized spacial score (nSPS) is 15.4. The van der Waals surface area contributed by atoms with Gasteiger partial charge in [0.05, 0.1) is 19.9 Å². The summed E-state index contributed by atoms with van der Waals surface area (Å²) in [6.07, 6.45) is 3.24. The highest BCUT2D eigenvalue weighted by Gasteiger charge is 2.16. The van der Waals surface area contributed by atoms with Crippen LogP contribution >= 0.6 is 0 Å². The van der Waals surface area contributed by atoms with Crippen molar-refractivity contribution in [2.24, 2.45) is 4.99 Å². The number of fused-ring (bicyclic) bond motifs is 1. The van der Waals surface area contributed by atoms with Crippen LogP contribution in [0.25, 0.3) is 0 Å². The molecule has 0 aromatic heterocycles. The molecule has 120 valence electrons. The third-order valence-electron chi connectivity index (χ3n) is 4.40. The van der Waals surface area contributed by atoms with Crippen LogP contribution in [0.15, 0.2) is 35.3 Å². The van der Waals surface area contributed by atoms with E-state index in [1.807, 2.05) is 6.07 Å². The second-order valence-corrected chi connectivity index (χ2v) is 6.05. The van der Waals surface area contributed by atoms with Crippen LogP contribution in [0.2, 0.25) is 0 Å². The molecular weight excluding hydrogens is 286 g/mol. The van der Waals surface area contributed by atoms with E-state index in [-0.39, 0.29) is 0 Å². The summed E-state index contributed by atoms with van der Waals surface area (Å²) in [5.41, 5.74) is 6.99. The zero-order valence-corrected chi connectivity index (χ0v) is 14.3. The molecule has 2 aromatic rings. The molecule has 3 heteroatoms. The minimum Gasteiger partial charge on any atom is -0.497 e. The number of ether oxygens (including phenoxy) is 2. The predicted molar refractivity (Wildman–Crippen MR) is 94.6 cm³/mol. The van der Waals surface area contributed by atoms with Crippen molar-refractivity contribution in [2.75, 3.05) is 14.2 Å². The minimum atomic E-state index is 0.918. The SMILES string of the molecule is COc1ccc2c(c1)CCC/C2=N\c1cc(C)c(OC)c(C)c1. The van der Waals surface area contributed by atoms with Crippen molar-refractivity contribution >= 4 is 11.4 Å². The number of hydrogen-bond acceptors (Lipinski definition) is 3. The smallest absolute Gasteiger partial charge is 0.124 e. The van der Waals surface area contributed by atoms with E-state index in [4.69, 9.17) is 14.5 Å². The molecule has 0 heterocycles. The van der Waals surface area contributed by atoms with Gasteiger partial charge in [-0.25, -0.2) is 0 Å². The van der Waals surface area contributed by atoms with Crippen molar-refractivity contribution in [3.63, 3.8) is 0 Å². The molecule has 0 radical (unpaired) electrons. The Hall–Kier alpha value is -2.29. The quantitative estimate of drug-likeness (QED) is 0.817. The highest BCUT2D eigenvalue weighted by atomic mass is 16.5. The van der Waals surface area contributed by atoms with Crippen molar-refractivity contribution in [1.82, 2.24) is 0 Å². The summed E-state index contributed by atoms with van der Waals surface area (Å²) in [6.45, 7) is 4.13. The Morgan fingerprint density at radius 3 is 2.30 bits per heavy atom. The van der Waals surface area contributed by atoms with Gasteiger partial charge in [0.15, 0.2) is 0 Å². The molecule has 3 nitrogen and oxygen atoms in total. The number of benzene rings is 2. The second-order valence-electron chi connectivity index (χ2n) is 6.05. The Morgan fingerprint density at radius 2 is 1.65 bits per heavy atom. The lowest BCUT2D eigenvalue weighted by molar-refractivity contribution is 0.408. The lowest BCUT2D eigenvalue weighted by Crippen LogP contribution is -2.11. The van der Waals surface area contributed by atoms with Crippen molar-refractivity contribution in [1.29, 1.82) is 0 Å². The maximum Gasteiger partial charge on any atom is 0.124 e. The van der Waals surface area contributed by atoms with Crippen LogP contribution in [0.1, 0.15) is 35.1 Å². The Balaban J connectivity index is 2.02. The lowest BCUT2D eigenvalue weighted by Gasteiger charge is -2.19. The van der Waals surface area contributed by atoms with Crippen LogP contribution < -0.4 is 9.47 Å². The largest absolute Gasteiger partial charge is 0.497 e. The van der Waals surface area contributed by atoms with Gasteiger partial charge in [0.25, 0.3) is 0 Å². The van der Waals surface area contributed by atoms with E-state index >= 15 is 0 Å². The fourth-order valence-electron chi connectivity index (χ4n) is 3.35. The maximum atomic E-state index is 5.44. The summed E-state index contributed by atoms with van der Waals surface area (Å²) < 4.78 is 10.8. The van der Waals surface area contributed by atoms with Crippen LogP contribution in [0.4, 0.5) is 5.69 Å². The monoisotopic (exact) mass is 309 g/mol. The summed E-state index contributed by atoms with van der Waals surface area (Å²) in [6, 6.07) is 10.5. The molecule has 0 bridgehead atoms. The van der Waals surface area contributed by atoms with E-state index in [2.05, 4.69) is 38.1 Å². The van der Waals surface area contributed by atoms with Crippen LogP contribution in [0.3, 0.4) is 0 Å². The van der Waals surface area contributed by atoms with Gasteiger partial charge in [-0.2, -0.15) is 0 Å². The molecule has 0 aliphatic heterocycles.